The average molecular weight is 263 g/mol. The van der Waals surface area contributed by atoms with E-state index >= 15 is 0 Å². The molecule has 1 aliphatic heterocycles. The highest BCUT2D eigenvalue weighted by molar-refractivity contribution is 5.73. The topological polar surface area (TPSA) is 49.8 Å². The van der Waals surface area contributed by atoms with Crippen molar-refractivity contribution in [3.63, 3.8) is 0 Å². The first-order chi connectivity index (χ1) is 9.20. The number of benzene rings is 1. The SMILES string of the molecule is COc1cccc(CCCN2CCC[C@H]2C(=O)O)c1. The van der Waals surface area contributed by atoms with Crippen LogP contribution in [-0.2, 0) is 11.2 Å². The van der Waals surface area contributed by atoms with Crippen LogP contribution < -0.4 is 4.74 Å². The molecule has 0 radical (unpaired) electrons. The van der Waals surface area contributed by atoms with Gasteiger partial charge in [-0.1, -0.05) is 12.1 Å². The normalized spacial score (nSPS) is 19.5. The van der Waals surface area contributed by atoms with Crippen LogP contribution in [0.25, 0.3) is 0 Å². The van der Waals surface area contributed by atoms with Crippen molar-refractivity contribution in [3.05, 3.63) is 29.8 Å². The number of nitrogens with zero attached hydrogens (tertiary/aromatic N) is 1. The number of hydrogen-bond donors (Lipinski definition) is 1. The van der Waals surface area contributed by atoms with E-state index in [2.05, 4.69) is 11.0 Å². The molecule has 1 aliphatic rings. The van der Waals surface area contributed by atoms with E-state index in [1.807, 2.05) is 18.2 Å². The fraction of sp³-hybridized carbons (Fsp3) is 0.533. The van der Waals surface area contributed by atoms with Crippen LogP contribution in [0.4, 0.5) is 0 Å². The van der Waals surface area contributed by atoms with E-state index in [1.165, 1.54) is 5.56 Å². The van der Waals surface area contributed by atoms with Crippen LogP contribution >= 0.6 is 0 Å². The van der Waals surface area contributed by atoms with Crippen LogP contribution in [0.3, 0.4) is 0 Å². The first kappa shape index (κ1) is 13.9. The number of likely N-dealkylation sites (tertiary alicyclic amines) is 1. The number of rotatable bonds is 6. The van der Waals surface area contributed by atoms with E-state index in [1.54, 1.807) is 7.11 Å². The first-order valence-corrected chi connectivity index (χ1v) is 6.80. The Morgan fingerprint density at radius 1 is 1.53 bits per heavy atom. The van der Waals surface area contributed by atoms with E-state index in [-0.39, 0.29) is 6.04 Å². The highest BCUT2D eigenvalue weighted by Crippen LogP contribution is 2.19. The third kappa shape index (κ3) is 3.70. The quantitative estimate of drug-likeness (QED) is 0.854. The number of carboxylic acids is 1. The number of hydrogen-bond acceptors (Lipinski definition) is 3. The summed E-state index contributed by atoms with van der Waals surface area (Å²) in [4.78, 5) is 13.2. The second-order valence-corrected chi connectivity index (χ2v) is 4.99. The monoisotopic (exact) mass is 263 g/mol. The van der Waals surface area contributed by atoms with Crippen LogP contribution in [-0.4, -0.2) is 42.2 Å². The van der Waals surface area contributed by atoms with Gasteiger partial charge in [-0.3, -0.25) is 9.69 Å². The van der Waals surface area contributed by atoms with Gasteiger partial charge in [0, 0.05) is 0 Å². The van der Waals surface area contributed by atoms with Gasteiger partial charge in [-0.15, -0.1) is 0 Å². The zero-order valence-electron chi connectivity index (χ0n) is 11.3. The van der Waals surface area contributed by atoms with Crippen molar-refractivity contribution in [1.82, 2.24) is 4.90 Å². The summed E-state index contributed by atoms with van der Waals surface area (Å²) in [6.45, 7) is 1.77. The maximum atomic E-state index is 11.1. The molecule has 1 atom stereocenters. The lowest BCUT2D eigenvalue weighted by molar-refractivity contribution is -0.142. The molecule has 1 aromatic carbocycles. The van der Waals surface area contributed by atoms with Crippen molar-refractivity contribution >= 4 is 5.97 Å². The van der Waals surface area contributed by atoms with Crippen LogP contribution in [0.1, 0.15) is 24.8 Å². The van der Waals surface area contributed by atoms with Gasteiger partial charge >= 0.3 is 5.97 Å². The minimum Gasteiger partial charge on any atom is -0.497 e. The van der Waals surface area contributed by atoms with Crippen LogP contribution in [0.15, 0.2) is 24.3 Å². The lowest BCUT2D eigenvalue weighted by atomic mass is 10.1. The van der Waals surface area contributed by atoms with E-state index in [9.17, 15) is 4.79 Å². The second kappa shape index (κ2) is 6.57. The fourth-order valence-electron chi connectivity index (χ4n) is 2.69. The Bertz CT molecular complexity index is 433. The van der Waals surface area contributed by atoms with Crippen LogP contribution in [0, 0.1) is 0 Å². The van der Waals surface area contributed by atoms with Crippen molar-refractivity contribution < 1.29 is 14.6 Å². The summed E-state index contributed by atoms with van der Waals surface area (Å²) in [6, 6.07) is 7.78. The third-order valence-corrected chi connectivity index (χ3v) is 3.69. The predicted molar refractivity (Wildman–Crippen MR) is 73.5 cm³/mol. The van der Waals surface area contributed by atoms with E-state index < -0.39 is 5.97 Å². The molecule has 1 heterocycles. The molecule has 1 fully saturated rings. The molecule has 0 saturated carbocycles. The average Bonchev–Trinajstić information content (AvgIpc) is 2.87. The van der Waals surface area contributed by atoms with Crippen LogP contribution in [0.5, 0.6) is 5.75 Å². The summed E-state index contributed by atoms with van der Waals surface area (Å²) in [5, 5.41) is 9.11. The van der Waals surface area contributed by atoms with Crippen LogP contribution in [0.2, 0.25) is 0 Å². The van der Waals surface area contributed by atoms with Crippen molar-refractivity contribution in [2.45, 2.75) is 31.7 Å². The lowest BCUT2D eigenvalue weighted by Crippen LogP contribution is -2.36. The van der Waals surface area contributed by atoms with Crippen molar-refractivity contribution in [3.8, 4) is 5.75 Å². The number of aryl methyl sites for hydroxylation is 1. The number of carboxylic acid groups (broad SMARTS) is 1. The van der Waals surface area contributed by atoms with Gasteiger partial charge in [0.2, 0.25) is 0 Å². The summed E-state index contributed by atoms with van der Waals surface area (Å²) < 4.78 is 5.19. The van der Waals surface area contributed by atoms with Crippen molar-refractivity contribution in [2.24, 2.45) is 0 Å². The Morgan fingerprint density at radius 2 is 2.37 bits per heavy atom. The molecule has 4 heteroatoms. The van der Waals surface area contributed by atoms with Crippen molar-refractivity contribution in [2.75, 3.05) is 20.2 Å². The van der Waals surface area contributed by atoms with Gasteiger partial charge < -0.3 is 9.84 Å². The molecule has 2 rings (SSSR count). The Kier molecular flexibility index (Phi) is 4.80. The second-order valence-electron chi connectivity index (χ2n) is 4.99. The number of methoxy groups -OCH3 is 1. The largest absolute Gasteiger partial charge is 0.497 e. The summed E-state index contributed by atoms with van der Waals surface area (Å²) in [7, 11) is 1.67. The van der Waals surface area contributed by atoms with E-state index in [0.717, 1.165) is 44.5 Å². The maximum Gasteiger partial charge on any atom is 0.320 e. The van der Waals surface area contributed by atoms with Gasteiger partial charge in [-0.05, 0) is 56.5 Å². The summed E-state index contributed by atoms with van der Waals surface area (Å²) in [5.74, 6) is 0.195. The molecule has 0 amide bonds. The smallest absolute Gasteiger partial charge is 0.320 e. The highest BCUT2D eigenvalue weighted by Gasteiger charge is 2.29. The molecule has 0 unspecified atom stereocenters. The maximum absolute atomic E-state index is 11.1. The molecule has 0 aliphatic carbocycles. The zero-order valence-corrected chi connectivity index (χ0v) is 11.3. The minimum absolute atomic E-state index is 0.273. The molecular formula is C15H21NO3. The third-order valence-electron chi connectivity index (χ3n) is 3.69. The first-order valence-electron chi connectivity index (χ1n) is 6.80. The molecule has 1 N–H and O–H groups in total. The highest BCUT2D eigenvalue weighted by atomic mass is 16.5. The molecule has 19 heavy (non-hydrogen) atoms. The molecular weight excluding hydrogens is 242 g/mol. The molecule has 0 spiro atoms. The molecule has 104 valence electrons. The number of ether oxygens (including phenoxy) is 1. The van der Waals surface area contributed by atoms with Gasteiger partial charge in [0.05, 0.1) is 7.11 Å². The lowest BCUT2D eigenvalue weighted by Gasteiger charge is -2.20. The zero-order chi connectivity index (χ0) is 13.7. The Morgan fingerprint density at radius 3 is 3.11 bits per heavy atom. The molecule has 0 bridgehead atoms. The molecule has 4 nitrogen and oxygen atoms in total. The number of aliphatic carboxylic acids is 1. The Hall–Kier alpha value is -1.55. The van der Waals surface area contributed by atoms with E-state index in [4.69, 9.17) is 9.84 Å². The Labute approximate surface area is 114 Å². The fourth-order valence-corrected chi connectivity index (χ4v) is 2.69. The molecule has 0 aromatic heterocycles. The minimum atomic E-state index is -0.682. The van der Waals surface area contributed by atoms with Gasteiger partial charge in [-0.25, -0.2) is 0 Å². The summed E-state index contributed by atoms with van der Waals surface area (Å²) in [5.41, 5.74) is 1.24. The predicted octanol–water partition coefficient (Wildman–Crippen LogP) is 2.18. The standard InChI is InChI=1S/C15H21NO3/c1-19-13-7-2-5-12(11-13)6-3-9-16-10-4-8-14(16)15(17)18/h2,5,7,11,14H,3-4,6,8-10H2,1H3,(H,17,18)/t14-/m0/s1. The van der Waals surface area contributed by atoms with Gasteiger partial charge in [0.15, 0.2) is 0 Å². The Balaban J connectivity index is 1.81. The number of carbonyl (C=O) groups is 1. The molecule has 1 aromatic rings. The van der Waals surface area contributed by atoms with E-state index in [0.29, 0.717) is 0 Å². The van der Waals surface area contributed by atoms with Gasteiger partial charge in [-0.2, -0.15) is 0 Å². The summed E-state index contributed by atoms with van der Waals surface area (Å²) in [6.07, 6.45) is 3.72. The molecule has 1 saturated heterocycles. The summed E-state index contributed by atoms with van der Waals surface area (Å²) >= 11 is 0. The van der Waals surface area contributed by atoms with Crippen molar-refractivity contribution in [1.29, 1.82) is 0 Å². The van der Waals surface area contributed by atoms with Gasteiger partial charge in [0.1, 0.15) is 11.8 Å². The van der Waals surface area contributed by atoms with Gasteiger partial charge in [0.25, 0.3) is 0 Å².